The Morgan fingerprint density at radius 3 is 2.59 bits per heavy atom. The number of methoxy groups -OCH3 is 1. The molecular formula is C18H19N5O7S2. The van der Waals surface area contributed by atoms with Gasteiger partial charge in [-0.2, -0.15) is 11.0 Å². The Morgan fingerprint density at radius 2 is 1.97 bits per heavy atom. The van der Waals surface area contributed by atoms with Crippen LogP contribution in [0.25, 0.3) is 0 Å². The van der Waals surface area contributed by atoms with E-state index in [4.69, 9.17) is 14.8 Å². The van der Waals surface area contributed by atoms with Gasteiger partial charge in [-0.25, -0.2) is 22.9 Å². The summed E-state index contributed by atoms with van der Waals surface area (Å²) in [5, 5.41) is 4.03. The summed E-state index contributed by atoms with van der Waals surface area (Å²) in [6.07, 6.45) is 2.89. The molecule has 2 N–H and O–H groups in total. The Labute approximate surface area is 188 Å². The molecule has 170 valence electrons. The molecule has 3 aromatic rings. The highest BCUT2D eigenvalue weighted by molar-refractivity contribution is 7.92. The molecule has 1 heterocycles. The maximum absolute atomic E-state index is 13.2. The Morgan fingerprint density at radius 1 is 1.22 bits per heavy atom. The molecule has 1 aromatic heterocycles. The fraction of sp³-hybridized carbons (Fsp3) is 0.167. The highest BCUT2D eigenvalue weighted by Crippen LogP contribution is 2.27. The standard InChI is InChI=1S/C18H19N5O7S2/c1-22(32(25,26)17-5-3-16(4-6-17)28-31-30-29-19)15-8-13(10-23-12-20-11-21-23)7-14(9-15)18(24)27-2/h3-9,11-12H,10,19H2,1-2H3. The Hall–Kier alpha value is -3.17. The summed E-state index contributed by atoms with van der Waals surface area (Å²) < 4.78 is 43.1. The number of anilines is 1. The molecule has 0 aliphatic rings. The second-order valence-electron chi connectivity index (χ2n) is 6.23. The zero-order valence-electron chi connectivity index (χ0n) is 16.9. The molecule has 0 fully saturated rings. The molecule has 0 aliphatic heterocycles. The minimum Gasteiger partial charge on any atom is -0.465 e. The molecule has 3 rings (SSSR count). The molecule has 0 bridgehead atoms. The first kappa shape index (κ1) is 23.5. The fourth-order valence-electron chi connectivity index (χ4n) is 2.72. The number of carbonyl (C=O) groups is 1. The minimum absolute atomic E-state index is 0.00893. The van der Waals surface area contributed by atoms with Crippen LogP contribution in [0.15, 0.2) is 60.0 Å². The van der Waals surface area contributed by atoms with Crippen LogP contribution in [0.3, 0.4) is 0 Å². The molecule has 0 radical (unpaired) electrons. The van der Waals surface area contributed by atoms with Gasteiger partial charge >= 0.3 is 5.97 Å². The van der Waals surface area contributed by atoms with Gasteiger partial charge in [-0.05, 0) is 48.0 Å². The Bertz CT molecular complexity index is 1150. The molecule has 0 aliphatic carbocycles. The van der Waals surface area contributed by atoms with Crippen LogP contribution < -0.4 is 14.4 Å². The number of carbonyl (C=O) groups excluding carboxylic acids is 1. The van der Waals surface area contributed by atoms with Crippen LogP contribution in [0.5, 0.6) is 5.75 Å². The predicted molar refractivity (Wildman–Crippen MR) is 114 cm³/mol. The van der Waals surface area contributed by atoms with Crippen molar-refractivity contribution >= 4 is 34.0 Å². The molecule has 2 aromatic carbocycles. The third-order valence-electron chi connectivity index (χ3n) is 4.25. The monoisotopic (exact) mass is 481 g/mol. The number of hydrogen-bond donors (Lipinski definition) is 1. The second-order valence-corrected chi connectivity index (χ2v) is 8.64. The van der Waals surface area contributed by atoms with Crippen molar-refractivity contribution in [2.24, 2.45) is 5.90 Å². The number of aromatic nitrogens is 3. The van der Waals surface area contributed by atoms with E-state index in [2.05, 4.69) is 19.4 Å². The SMILES string of the molecule is COC(=O)c1cc(Cn2cncn2)cc(N(C)S(=O)(=O)c2ccc(OSOON)cc2)c1. The number of nitrogens with two attached hydrogens (primary N) is 1. The summed E-state index contributed by atoms with van der Waals surface area (Å²) in [5.41, 5.74) is 1.11. The van der Waals surface area contributed by atoms with Crippen LogP contribution in [-0.2, 0) is 30.6 Å². The molecule has 0 amide bonds. The Kier molecular flexibility index (Phi) is 7.66. The number of rotatable bonds is 10. The fourth-order valence-corrected chi connectivity index (χ4v) is 4.15. The van der Waals surface area contributed by atoms with Crippen molar-refractivity contribution in [1.29, 1.82) is 0 Å². The van der Waals surface area contributed by atoms with E-state index in [-0.39, 0.29) is 22.7 Å². The van der Waals surface area contributed by atoms with E-state index in [0.717, 1.165) is 4.31 Å². The van der Waals surface area contributed by atoms with E-state index in [1.165, 1.54) is 57.1 Å². The molecule has 0 unspecified atom stereocenters. The summed E-state index contributed by atoms with van der Waals surface area (Å²) in [4.78, 5) is 19.9. The van der Waals surface area contributed by atoms with E-state index in [9.17, 15) is 13.2 Å². The van der Waals surface area contributed by atoms with Crippen molar-refractivity contribution in [3.8, 4) is 5.75 Å². The van der Waals surface area contributed by atoms with Crippen LogP contribution in [0.1, 0.15) is 15.9 Å². The molecule has 32 heavy (non-hydrogen) atoms. The van der Waals surface area contributed by atoms with E-state index in [1.807, 2.05) is 0 Å². The summed E-state index contributed by atoms with van der Waals surface area (Å²) in [7, 11) is -1.32. The number of nitrogens with zero attached hydrogens (tertiary/aromatic N) is 4. The number of esters is 1. The number of sulfonamides is 1. The summed E-state index contributed by atoms with van der Waals surface area (Å²) >= 11 is 0.470. The van der Waals surface area contributed by atoms with E-state index in [1.54, 1.807) is 16.8 Å². The van der Waals surface area contributed by atoms with Gasteiger partial charge in [0.05, 0.1) is 29.8 Å². The summed E-state index contributed by atoms with van der Waals surface area (Å²) in [6, 6.07) is 10.3. The van der Waals surface area contributed by atoms with Crippen molar-refractivity contribution in [2.75, 3.05) is 18.5 Å². The normalized spacial score (nSPS) is 11.2. The third kappa shape index (κ3) is 5.54. The van der Waals surface area contributed by atoms with Gasteiger partial charge in [0.15, 0.2) is 0 Å². The van der Waals surface area contributed by atoms with E-state index >= 15 is 0 Å². The zero-order valence-corrected chi connectivity index (χ0v) is 18.6. The third-order valence-corrected chi connectivity index (χ3v) is 6.45. The molecule has 0 atom stereocenters. The Balaban J connectivity index is 1.90. The van der Waals surface area contributed by atoms with Crippen molar-refractivity contribution in [3.05, 3.63) is 66.2 Å². The first-order valence-corrected chi connectivity index (χ1v) is 11.0. The molecule has 0 spiro atoms. The van der Waals surface area contributed by atoms with Gasteiger partial charge in [0, 0.05) is 7.05 Å². The predicted octanol–water partition coefficient (Wildman–Crippen LogP) is 1.70. The van der Waals surface area contributed by atoms with Crippen molar-refractivity contribution in [1.82, 2.24) is 14.8 Å². The van der Waals surface area contributed by atoms with Gasteiger partial charge in [-0.1, -0.05) is 0 Å². The minimum atomic E-state index is -3.95. The van der Waals surface area contributed by atoms with Crippen LogP contribution in [0.2, 0.25) is 0 Å². The number of benzene rings is 2. The van der Waals surface area contributed by atoms with E-state index < -0.39 is 16.0 Å². The first-order chi connectivity index (χ1) is 15.3. The van der Waals surface area contributed by atoms with Gasteiger partial charge in [0.25, 0.3) is 22.3 Å². The van der Waals surface area contributed by atoms with Crippen LogP contribution in [0.4, 0.5) is 5.69 Å². The van der Waals surface area contributed by atoms with Gasteiger partial charge < -0.3 is 8.92 Å². The molecule has 0 saturated carbocycles. The lowest BCUT2D eigenvalue weighted by Gasteiger charge is -2.21. The second kappa shape index (κ2) is 10.4. The summed E-state index contributed by atoms with van der Waals surface area (Å²) in [5.74, 6) is 4.42. The van der Waals surface area contributed by atoms with Crippen molar-refractivity contribution in [2.45, 2.75) is 11.4 Å². The van der Waals surface area contributed by atoms with Gasteiger partial charge in [0.2, 0.25) is 0 Å². The smallest absolute Gasteiger partial charge is 0.337 e. The molecule has 12 nitrogen and oxygen atoms in total. The lowest BCUT2D eigenvalue weighted by atomic mass is 10.1. The molecular weight excluding hydrogens is 462 g/mol. The average molecular weight is 482 g/mol. The van der Waals surface area contributed by atoms with Crippen molar-refractivity contribution in [3.63, 3.8) is 0 Å². The lowest BCUT2D eigenvalue weighted by Crippen LogP contribution is -2.27. The summed E-state index contributed by atoms with van der Waals surface area (Å²) in [6.45, 7) is 0.282. The zero-order chi connectivity index (χ0) is 23.1. The lowest BCUT2D eigenvalue weighted by molar-refractivity contribution is -0.199. The highest BCUT2D eigenvalue weighted by Gasteiger charge is 2.23. The van der Waals surface area contributed by atoms with E-state index in [0.29, 0.717) is 23.6 Å². The maximum atomic E-state index is 13.2. The van der Waals surface area contributed by atoms with Crippen LogP contribution in [0, 0.1) is 0 Å². The largest absolute Gasteiger partial charge is 0.465 e. The number of ether oxygens (including phenoxy) is 1. The van der Waals surface area contributed by atoms with Crippen LogP contribution >= 0.6 is 12.3 Å². The maximum Gasteiger partial charge on any atom is 0.337 e. The highest BCUT2D eigenvalue weighted by atomic mass is 32.2. The van der Waals surface area contributed by atoms with Gasteiger partial charge in [-0.3, -0.25) is 4.31 Å². The van der Waals surface area contributed by atoms with Gasteiger partial charge in [0.1, 0.15) is 18.4 Å². The average Bonchev–Trinajstić information content (AvgIpc) is 3.31. The topological polar surface area (TPSA) is 148 Å². The van der Waals surface area contributed by atoms with Gasteiger partial charge in [-0.15, -0.1) is 9.32 Å². The quantitative estimate of drug-likeness (QED) is 0.148. The molecule has 14 heteroatoms. The van der Waals surface area contributed by atoms with Crippen LogP contribution in [-0.4, -0.2) is 43.3 Å². The molecule has 0 saturated heterocycles. The van der Waals surface area contributed by atoms with Crippen molar-refractivity contribution < 1.29 is 31.5 Å². The first-order valence-electron chi connectivity index (χ1n) is 8.85. The number of hydrogen-bond acceptors (Lipinski definition) is 11.